The van der Waals surface area contributed by atoms with Crippen molar-refractivity contribution >= 4 is 22.7 Å². The highest BCUT2D eigenvalue weighted by Crippen LogP contribution is 2.19. The molecule has 2 aromatic carbocycles. The summed E-state index contributed by atoms with van der Waals surface area (Å²) in [6.45, 7) is 2.78. The lowest BCUT2D eigenvalue weighted by Crippen LogP contribution is -2.31. The van der Waals surface area contributed by atoms with Crippen LogP contribution in [0.3, 0.4) is 0 Å². The highest BCUT2D eigenvalue weighted by molar-refractivity contribution is 6.04. The molecule has 146 valence electrons. The Morgan fingerprint density at radius 2 is 1.93 bits per heavy atom. The monoisotopic (exact) mass is 380 g/mol. The van der Waals surface area contributed by atoms with Crippen LogP contribution >= 0.6 is 0 Å². The number of fused-ring (bicyclic) bond motifs is 1. The third-order valence-corrected chi connectivity index (χ3v) is 4.48. The lowest BCUT2D eigenvalue weighted by atomic mass is 10.1. The third kappa shape index (κ3) is 4.68. The van der Waals surface area contributed by atoms with E-state index in [9.17, 15) is 9.59 Å². The van der Waals surface area contributed by atoms with Crippen LogP contribution in [0.5, 0.6) is 5.75 Å². The standard InChI is InChI=1S/C21H24N4O3/c1-14-7-8-18(28-2)15(13-14)9-11-22-19(26)10-12-23-21(27)20-16-5-3-4-6-17(16)24-25-20/h3-8,13H,9-12H2,1-2H3,(H,22,26)(H,23,27)(H,24,25). The second kappa shape index (κ2) is 9.03. The number of hydrogen-bond donors (Lipinski definition) is 3. The molecule has 3 aromatic rings. The minimum Gasteiger partial charge on any atom is -0.496 e. The molecule has 3 rings (SSSR count). The summed E-state index contributed by atoms with van der Waals surface area (Å²) < 4.78 is 5.35. The van der Waals surface area contributed by atoms with E-state index in [1.165, 1.54) is 0 Å². The van der Waals surface area contributed by atoms with Gasteiger partial charge in [0.15, 0.2) is 5.69 Å². The van der Waals surface area contributed by atoms with E-state index in [-0.39, 0.29) is 24.8 Å². The molecule has 0 fully saturated rings. The quantitative estimate of drug-likeness (QED) is 0.559. The van der Waals surface area contributed by atoms with Crippen LogP contribution in [-0.2, 0) is 11.2 Å². The zero-order valence-corrected chi connectivity index (χ0v) is 16.0. The molecule has 0 atom stereocenters. The van der Waals surface area contributed by atoms with Crippen molar-refractivity contribution in [3.05, 3.63) is 59.3 Å². The fraction of sp³-hybridized carbons (Fsp3) is 0.286. The van der Waals surface area contributed by atoms with Crippen LogP contribution in [0.2, 0.25) is 0 Å². The maximum absolute atomic E-state index is 12.3. The molecule has 0 radical (unpaired) electrons. The average Bonchev–Trinajstić information content (AvgIpc) is 3.12. The Kier molecular flexibility index (Phi) is 6.26. The summed E-state index contributed by atoms with van der Waals surface area (Å²) in [5, 5.41) is 13.2. The molecule has 0 saturated heterocycles. The lowest BCUT2D eigenvalue weighted by molar-refractivity contribution is -0.120. The number of hydrogen-bond acceptors (Lipinski definition) is 4. The Hall–Kier alpha value is -3.35. The normalized spacial score (nSPS) is 10.6. The molecule has 0 spiro atoms. The van der Waals surface area contributed by atoms with E-state index in [0.717, 1.165) is 27.8 Å². The molecule has 0 unspecified atom stereocenters. The molecule has 0 bridgehead atoms. The second-order valence-corrected chi connectivity index (χ2v) is 6.54. The number of para-hydroxylation sites is 1. The molecule has 0 aliphatic rings. The van der Waals surface area contributed by atoms with E-state index >= 15 is 0 Å². The van der Waals surface area contributed by atoms with Gasteiger partial charge in [0.2, 0.25) is 5.91 Å². The number of aryl methyl sites for hydroxylation is 1. The number of carbonyl (C=O) groups is 2. The summed E-state index contributed by atoms with van der Waals surface area (Å²) in [6, 6.07) is 13.4. The summed E-state index contributed by atoms with van der Waals surface area (Å²) in [7, 11) is 1.64. The van der Waals surface area contributed by atoms with Gasteiger partial charge in [-0.1, -0.05) is 35.9 Å². The van der Waals surface area contributed by atoms with Gasteiger partial charge in [0.05, 0.1) is 12.6 Å². The molecule has 1 aromatic heterocycles. The number of carbonyl (C=O) groups excluding carboxylic acids is 2. The Morgan fingerprint density at radius 1 is 1.11 bits per heavy atom. The Labute approximate surface area is 163 Å². The maximum atomic E-state index is 12.3. The number of benzene rings is 2. The van der Waals surface area contributed by atoms with Gasteiger partial charge in [0.1, 0.15) is 5.75 Å². The number of H-pyrrole nitrogens is 1. The van der Waals surface area contributed by atoms with Crippen molar-refractivity contribution in [1.29, 1.82) is 0 Å². The van der Waals surface area contributed by atoms with Gasteiger partial charge in [-0.3, -0.25) is 14.7 Å². The molecule has 0 aliphatic heterocycles. The van der Waals surface area contributed by atoms with Crippen LogP contribution in [-0.4, -0.2) is 42.2 Å². The van der Waals surface area contributed by atoms with E-state index in [4.69, 9.17) is 4.74 Å². The van der Waals surface area contributed by atoms with Gasteiger partial charge in [0, 0.05) is 24.9 Å². The topological polar surface area (TPSA) is 96.1 Å². The Balaban J connectivity index is 1.42. The van der Waals surface area contributed by atoms with Crippen LogP contribution < -0.4 is 15.4 Å². The average molecular weight is 380 g/mol. The first-order valence-corrected chi connectivity index (χ1v) is 9.20. The fourth-order valence-electron chi connectivity index (χ4n) is 3.04. The summed E-state index contributed by atoms with van der Waals surface area (Å²) in [5.41, 5.74) is 3.34. The SMILES string of the molecule is COc1ccc(C)cc1CCNC(=O)CCNC(=O)c1n[nH]c2ccccc12. The van der Waals surface area contributed by atoms with E-state index in [2.05, 4.69) is 26.9 Å². The molecular weight excluding hydrogens is 356 g/mol. The number of aromatic nitrogens is 2. The van der Waals surface area contributed by atoms with Gasteiger partial charge < -0.3 is 15.4 Å². The molecule has 2 amide bonds. The van der Waals surface area contributed by atoms with Crippen molar-refractivity contribution < 1.29 is 14.3 Å². The predicted octanol–water partition coefficient (Wildman–Crippen LogP) is 2.36. The van der Waals surface area contributed by atoms with Gasteiger partial charge in [-0.15, -0.1) is 0 Å². The predicted molar refractivity (Wildman–Crippen MR) is 107 cm³/mol. The van der Waals surface area contributed by atoms with Crippen LogP contribution in [0.4, 0.5) is 0 Å². The first-order chi connectivity index (χ1) is 13.6. The number of nitrogens with one attached hydrogen (secondary N) is 3. The van der Waals surface area contributed by atoms with Crippen molar-refractivity contribution in [2.45, 2.75) is 19.8 Å². The molecule has 1 heterocycles. The van der Waals surface area contributed by atoms with Gasteiger partial charge in [0.25, 0.3) is 5.91 Å². The first-order valence-electron chi connectivity index (χ1n) is 9.20. The van der Waals surface area contributed by atoms with Gasteiger partial charge in [-0.05, 0) is 31.0 Å². The van der Waals surface area contributed by atoms with Crippen LogP contribution in [0.1, 0.15) is 28.0 Å². The van der Waals surface area contributed by atoms with Gasteiger partial charge >= 0.3 is 0 Å². The molecule has 7 heteroatoms. The Bertz CT molecular complexity index is 981. The second-order valence-electron chi connectivity index (χ2n) is 6.54. The first kappa shape index (κ1) is 19.4. The fourth-order valence-corrected chi connectivity index (χ4v) is 3.04. The summed E-state index contributed by atoms with van der Waals surface area (Å²) in [5.74, 6) is 0.409. The van der Waals surface area contributed by atoms with Gasteiger partial charge in [-0.25, -0.2) is 0 Å². The largest absolute Gasteiger partial charge is 0.496 e. The number of nitrogens with zero attached hydrogens (tertiary/aromatic N) is 1. The highest BCUT2D eigenvalue weighted by Gasteiger charge is 2.13. The summed E-state index contributed by atoms with van der Waals surface area (Å²) >= 11 is 0. The highest BCUT2D eigenvalue weighted by atomic mass is 16.5. The molecule has 7 nitrogen and oxygen atoms in total. The van der Waals surface area contributed by atoms with Crippen molar-refractivity contribution in [1.82, 2.24) is 20.8 Å². The number of aromatic amines is 1. The van der Waals surface area contributed by atoms with Crippen molar-refractivity contribution in [3.8, 4) is 5.75 Å². The van der Waals surface area contributed by atoms with Crippen LogP contribution in [0.15, 0.2) is 42.5 Å². The van der Waals surface area contributed by atoms with Gasteiger partial charge in [-0.2, -0.15) is 5.10 Å². The molecular formula is C21H24N4O3. The van der Waals surface area contributed by atoms with Crippen molar-refractivity contribution in [2.24, 2.45) is 0 Å². The van der Waals surface area contributed by atoms with Crippen molar-refractivity contribution in [3.63, 3.8) is 0 Å². The number of ether oxygens (including phenoxy) is 1. The van der Waals surface area contributed by atoms with Crippen LogP contribution in [0.25, 0.3) is 10.9 Å². The van der Waals surface area contributed by atoms with E-state index in [1.54, 1.807) is 7.11 Å². The number of methoxy groups -OCH3 is 1. The number of amides is 2. The minimum atomic E-state index is -0.297. The Morgan fingerprint density at radius 3 is 2.75 bits per heavy atom. The molecule has 3 N–H and O–H groups in total. The summed E-state index contributed by atoms with van der Waals surface area (Å²) in [4.78, 5) is 24.3. The summed E-state index contributed by atoms with van der Waals surface area (Å²) in [6.07, 6.45) is 0.890. The molecule has 28 heavy (non-hydrogen) atoms. The molecule has 0 aliphatic carbocycles. The zero-order chi connectivity index (χ0) is 19.9. The van der Waals surface area contributed by atoms with Crippen molar-refractivity contribution in [2.75, 3.05) is 20.2 Å². The lowest BCUT2D eigenvalue weighted by Gasteiger charge is -2.10. The molecule has 0 saturated carbocycles. The number of rotatable bonds is 8. The van der Waals surface area contributed by atoms with Crippen LogP contribution in [0, 0.1) is 6.92 Å². The maximum Gasteiger partial charge on any atom is 0.272 e. The minimum absolute atomic E-state index is 0.112. The van der Waals surface area contributed by atoms with E-state index in [1.807, 2.05) is 43.3 Å². The zero-order valence-electron chi connectivity index (χ0n) is 16.0. The third-order valence-electron chi connectivity index (χ3n) is 4.48. The smallest absolute Gasteiger partial charge is 0.272 e. The van der Waals surface area contributed by atoms with E-state index in [0.29, 0.717) is 18.7 Å². The van der Waals surface area contributed by atoms with E-state index < -0.39 is 0 Å².